The Bertz CT molecular complexity index is 761. The van der Waals surface area contributed by atoms with Crippen molar-refractivity contribution in [3.8, 4) is 5.75 Å². The van der Waals surface area contributed by atoms with Crippen LogP contribution < -0.4 is 15.9 Å². The number of carbonyl (C=O) groups is 1. The fraction of sp³-hybridized carbons (Fsp3) is 0.278. The number of nitrogens with zero attached hydrogens (tertiary/aromatic N) is 1. The molecule has 0 aliphatic carbocycles. The molecule has 0 unspecified atom stereocenters. The van der Waals surface area contributed by atoms with Crippen molar-refractivity contribution in [2.24, 2.45) is 5.92 Å². The number of hydrogen-bond donors (Lipinski definition) is 4. The van der Waals surface area contributed by atoms with Gasteiger partial charge in [-0.1, -0.05) is 26.0 Å². The van der Waals surface area contributed by atoms with E-state index in [0.717, 1.165) is 11.3 Å². The summed E-state index contributed by atoms with van der Waals surface area (Å²) >= 11 is 0. The summed E-state index contributed by atoms with van der Waals surface area (Å²) in [7, 11) is 0. The Morgan fingerprint density at radius 1 is 1.28 bits per heavy atom. The molecule has 1 amide bonds. The summed E-state index contributed by atoms with van der Waals surface area (Å²) in [6.45, 7) is 4.72. The number of hydrogen-bond acceptors (Lipinski definition) is 6. The summed E-state index contributed by atoms with van der Waals surface area (Å²) in [4.78, 5) is 19.5. The van der Waals surface area contributed by atoms with Crippen LogP contribution in [0.4, 0.5) is 11.4 Å². The largest absolute Gasteiger partial charge is 0.508 e. The molecule has 0 aromatic heterocycles. The van der Waals surface area contributed by atoms with Gasteiger partial charge in [-0.25, -0.2) is 5.48 Å². The molecule has 0 saturated heterocycles. The zero-order valence-corrected chi connectivity index (χ0v) is 14.1. The normalized spacial score (nSPS) is 16.3. The minimum Gasteiger partial charge on any atom is -0.508 e. The van der Waals surface area contributed by atoms with Gasteiger partial charge in [-0.15, -0.1) is 0 Å². The molecule has 1 heterocycles. The predicted octanol–water partition coefficient (Wildman–Crippen LogP) is 2.86. The van der Waals surface area contributed by atoms with Crippen molar-refractivity contribution in [1.29, 1.82) is 0 Å². The van der Waals surface area contributed by atoms with Crippen molar-refractivity contribution >= 4 is 17.3 Å². The number of benzene rings is 2. The lowest BCUT2D eigenvalue weighted by atomic mass is 10.1. The van der Waals surface area contributed by atoms with E-state index in [1.165, 1.54) is 0 Å². The van der Waals surface area contributed by atoms with Crippen LogP contribution in [0.25, 0.3) is 0 Å². The Hall–Kier alpha value is -2.77. The molecular weight excluding hydrogens is 322 g/mol. The third-order valence-corrected chi connectivity index (χ3v) is 4.13. The van der Waals surface area contributed by atoms with E-state index in [4.69, 9.17) is 10.0 Å². The Balaban J connectivity index is 1.95. The minimum absolute atomic E-state index is 0.196. The van der Waals surface area contributed by atoms with Crippen molar-refractivity contribution in [2.75, 3.05) is 10.4 Å². The van der Waals surface area contributed by atoms with E-state index in [1.54, 1.807) is 29.7 Å². The lowest BCUT2D eigenvalue weighted by molar-refractivity contribution is 0.0509. The molecule has 1 aliphatic heterocycles. The van der Waals surface area contributed by atoms with Crippen molar-refractivity contribution in [1.82, 2.24) is 5.48 Å². The van der Waals surface area contributed by atoms with Crippen LogP contribution in [0.2, 0.25) is 0 Å². The fourth-order valence-corrected chi connectivity index (χ4v) is 2.87. The van der Waals surface area contributed by atoms with Crippen molar-refractivity contribution in [3.63, 3.8) is 0 Å². The number of amides is 1. The highest BCUT2D eigenvalue weighted by Gasteiger charge is 2.30. The third-order valence-electron chi connectivity index (χ3n) is 4.13. The Morgan fingerprint density at radius 3 is 2.64 bits per heavy atom. The molecular formula is C18H21N3O4. The molecule has 3 rings (SSSR count). The number of fused-ring (bicyclic) bond motifs is 1. The van der Waals surface area contributed by atoms with E-state index in [2.05, 4.69) is 24.2 Å². The van der Waals surface area contributed by atoms with E-state index < -0.39 is 5.91 Å². The van der Waals surface area contributed by atoms with Gasteiger partial charge < -0.3 is 10.0 Å². The van der Waals surface area contributed by atoms with Gasteiger partial charge in [0.2, 0.25) is 0 Å². The quantitative estimate of drug-likeness (QED) is 0.504. The SMILES string of the molecule is CC(C)[C@@H]1ONc2cc(C(=O)NO)ccc2N1Cc1ccc(O)cc1. The van der Waals surface area contributed by atoms with E-state index >= 15 is 0 Å². The van der Waals surface area contributed by atoms with Gasteiger partial charge in [-0.3, -0.25) is 20.3 Å². The second-order valence-electron chi connectivity index (χ2n) is 6.32. The van der Waals surface area contributed by atoms with Crippen LogP contribution in [-0.4, -0.2) is 22.4 Å². The maximum atomic E-state index is 11.6. The lowest BCUT2D eigenvalue weighted by Crippen LogP contribution is -2.45. The highest BCUT2D eigenvalue weighted by Crippen LogP contribution is 2.36. The average Bonchev–Trinajstić information content (AvgIpc) is 2.62. The first-order chi connectivity index (χ1) is 12.0. The maximum absolute atomic E-state index is 11.6. The molecule has 1 aliphatic rings. The number of anilines is 2. The van der Waals surface area contributed by atoms with Gasteiger partial charge in [-0.05, 0) is 35.9 Å². The zero-order chi connectivity index (χ0) is 18.0. The van der Waals surface area contributed by atoms with Crippen LogP contribution in [0.1, 0.15) is 29.8 Å². The predicted molar refractivity (Wildman–Crippen MR) is 93.3 cm³/mol. The van der Waals surface area contributed by atoms with Crippen LogP contribution in [0.15, 0.2) is 42.5 Å². The first kappa shape index (κ1) is 17.1. The smallest absolute Gasteiger partial charge is 0.274 e. The number of nitrogens with one attached hydrogen (secondary N) is 2. The molecule has 0 radical (unpaired) electrons. The van der Waals surface area contributed by atoms with Gasteiger partial charge >= 0.3 is 0 Å². The highest BCUT2D eigenvalue weighted by molar-refractivity contribution is 5.95. The molecule has 7 heteroatoms. The highest BCUT2D eigenvalue weighted by atomic mass is 16.7. The molecule has 25 heavy (non-hydrogen) atoms. The summed E-state index contributed by atoms with van der Waals surface area (Å²) in [6, 6.07) is 12.1. The number of aromatic hydroxyl groups is 1. The van der Waals surface area contributed by atoms with E-state index in [9.17, 15) is 9.90 Å². The first-order valence-corrected chi connectivity index (χ1v) is 8.04. The Labute approximate surface area is 145 Å². The molecule has 4 N–H and O–H groups in total. The van der Waals surface area contributed by atoms with Gasteiger partial charge in [0, 0.05) is 18.0 Å². The molecule has 0 saturated carbocycles. The number of phenols is 1. The molecule has 7 nitrogen and oxygen atoms in total. The Kier molecular flexibility index (Phi) is 4.78. The standard InChI is InChI=1S/C18H21N3O4/c1-11(2)18-21(10-12-3-6-14(22)7-4-12)16-8-5-13(17(23)19-24)9-15(16)20-25-18/h3-9,11,18,20,22,24H,10H2,1-2H3,(H,19,23)/t18-/m0/s1. The van der Waals surface area contributed by atoms with Gasteiger partial charge in [0.15, 0.2) is 6.23 Å². The van der Waals surface area contributed by atoms with Crippen LogP contribution in [0.3, 0.4) is 0 Å². The molecule has 0 bridgehead atoms. The van der Waals surface area contributed by atoms with E-state index in [1.807, 2.05) is 18.2 Å². The van der Waals surface area contributed by atoms with Gasteiger partial charge in [0.05, 0.1) is 11.4 Å². The summed E-state index contributed by atoms with van der Waals surface area (Å²) in [5.74, 6) is -0.139. The number of phenolic OH excluding ortho intramolecular Hbond substituents is 1. The summed E-state index contributed by atoms with van der Waals surface area (Å²) < 4.78 is 0. The van der Waals surface area contributed by atoms with Crippen LogP contribution >= 0.6 is 0 Å². The van der Waals surface area contributed by atoms with E-state index in [-0.39, 0.29) is 17.9 Å². The monoisotopic (exact) mass is 343 g/mol. The molecule has 1 atom stereocenters. The van der Waals surface area contributed by atoms with Crippen molar-refractivity contribution in [3.05, 3.63) is 53.6 Å². The van der Waals surface area contributed by atoms with Gasteiger partial charge in [0.1, 0.15) is 5.75 Å². The number of carbonyl (C=O) groups excluding carboxylic acids is 1. The Morgan fingerprint density at radius 2 is 2.00 bits per heavy atom. The average molecular weight is 343 g/mol. The molecule has 132 valence electrons. The first-order valence-electron chi connectivity index (χ1n) is 8.04. The second-order valence-corrected chi connectivity index (χ2v) is 6.32. The third kappa shape index (κ3) is 3.52. The zero-order valence-electron chi connectivity index (χ0n) is 14.1. The second kappa shape index (κ2) is 7.00. The summed E-state index contributed by atoms with van der Waals surface area (Å²) in [5, 5.41) is 18.3. The van der Waals surface area contributed by atoms with Crippen molar-refractivity contribution < 1.29 is 19.9 Å². The number of hydroxylamine groups is 1. The lowest BCUT2D eigenvalue weighted by Gasteiger charge is -2.40. The summed E-state index contributed by atoms with van der Waals surface area (Å²) in [6.07, 6.45) is -0.196. The minimum atomic E-state index is -0.583. The topological polar surface area (TPSA) is 94.1 Å². The number of rotatable bonds is 4. The van der Waals surface area contributed by atoms with Crippen molar-refractivity contribution in [2.45, 2.75) is 26.6 Å². The van der Waals surface area contributed by atoms with Crippen LogP contribution in [-0.2, 0) is 11.4 Å². The van der Waals surface area contributed by atoms with Gasteiger partial charge in [0.25, 0.3) is 5.91 Å². The summed E-state index contributed by atoms with van der Waals surface area (Å²) in [5.41, 5.74) is 7.42. The van der Waals surface area contributed by atoms with Gasteiger partial charge in [-0.2, -0.15) is 0 Å². The fourth-order valence-electron chi connectivity index (χ4n) is 2.87. The molecule has 2 aromatic rings. The maximum Gasteiger partial charge on any atom is 0.274 e. The molecule has 0 fully saturated rings. The van der Waals surface area contributed by atoms with Crippen LogP contribution in [0.5, 0.6) is 5.75 Å². The van der Waals surface area contributed by atoms with E-state index in [0.29, 0.717) is 17.8 Å². The molecule has 2 aromatic carbocycles. The van der Waals surface area contributed by atoms with Crippen LogP contribution in [0, 0.1) is 5.92 Å². The molecule has 0 spiro atoms.